The lowest BCUT2D eigenvalue weighted by molar-refractivity contribution is -0.384. The van der Waals surface area contributed by atoms with Crippen molar-refractivity contribution in [3.8, 4) is 0 Å². The van der Waals surface area contributed by atoms with E-state index in [-0.39, 0.29) is 11.6 Å². The second-order valence-electron chi connectivity index (χ2n) is 6.19. The number of nitro benzene ring substituents is 1. The predicted molar refractivity (Wildman–Crippen MR) is 100 cm³/mol. The fraction of sp³-hybridized carbons (Fsp3) is 0.158. The van der Waals surface area contributed by atoms with E-state index in [9.17, 15) is 19.7 Å². The molecule has 0 radical (unpaired) electrons. The molecule has 1 atom stereocenters. The van der Waals surface area contributed by atoms with Gasteiger partial charge in [-0.05, 0) is 43.2 Å². The number of urea groups is 1. The molecule has 3 amide bonds. The number of nitro groups is 1. The van der Waals surface area contributed by atoms with E-state index in [4.69, 9.17) is 0 Å². The Balaban J connectivity index is 1.95. The van der Waals surface area contributed by atoms with Crippen molar-refractivity contribution in [2.24, 2.45) is 0 Å². The zero-order valence-corrected chi connectivity index (χ0v) is 14.8. The third kappa shape index (κ3) is 3.79. The number of carbonyl (C=O) groups is 2. The third-order valence-corrected chi connectivity index (χ3v) is 4.34. The zero-order chi connectivity index (χ0) is 19.6. The molecule has 138 valence electrons. The molecular formula is C19H18N4O4. The number of hydrogen-bond acceptors (Lipinski definition) is 4. The van der Waals surface area contributed by atoms with E-state index in [0.29, 0.717) is 22.5 Å². The largest absolute Gasteiger partial charge is 0.327 e. The van der Waals surface area contributed by atoms with Gasteiger partial charge < -0.3 is 16.0 Å². The van der Waals surface area contributed by atoms with Crippen molar-refractivity contribution in [2.45, 2.75) is 19.9 Å². The standard InChI is InChI=1S/C19H18N4O4/c1-11-5-3-4-6-15(11)21-18(24)16-12(2)20-19(25)22-17(16)13-7-9-14(10-8-13)23(26)27/h3-10,17H,1-2H3,(H,21,24)(H2,20,22,25)/t17-/m0/s1. The van der Waals surface area contributed by atoms with E-state index in [2.05, 4.69) is 16.0 Å². The highest BCUT2D eigenvalue weighted by Crippen LogP contribution is 2.29. The summed E-state index contributed by atoms with van der Waals surface area (Å²) in [6, 6.07) is 11.9. The Kier molecular flexibility index (Phi) is 4.89. The first-order valence-corrected chi connectivity index (χ1v) is 8.26. The molecule has 3 rings (SSSR count). The van der Waals surface area contributed by atoms with Gasteiger partial charge in [0.2, 0.25) is 0 Å². The minimum Gasteiger partial charge on any atom is -0.327 e. The molecule has 0 bridgehead atoms. The van der Waals surface area contributed by atoms with Gasteiger partial charge in [-0.15, -0.1) is 0 Å². The third-order valence-electron chi connectivity index (χ3n) is 4.34. The number of rotatable bonds is 4. The normalized spacial score (nSPS) is 16.4. The molecule has 0 saturated heterocycles. The number of nitrogens with one attached hydrogen (secondary N) is 3. The zero-order valence-electron chi connectivity index (χ0n) is 14.8. The van der Waals surface area contributed by atoms with Gasteiger partial charge in [0, 0.05) is 23.5 Å². The molecule has 27 heavy (non-hydrogen) atoms. The number of carbonyl (C=O) groups excluding carboxylic acids is 2. The van der Waals surface area contributed by atoms with Crippen molar-refractivity contribution < 1.29 is 14.5 Å². The van der Waals surface area contributed by atoms with Crippen LogP contribution in [0.1, 0.15) is 24.1 Å². The fourth-order valence-electron chi connectivity index (χ4n) is 2.94. The summed E-state index contributed by atoms with van der Waals surface area (Å²) in [5.74, 6) is -0.363. The van der Waals surface area contributed by atoms with Crippen LogP contribution in [0.4, 0.5) is 16.2 Å². The molecule has 0 aromatic heterocycles. The van der Waals surface area contributed by atoms with Crippen molar-refractivity contribution in [1.82, 2.24) is 10.6 Å². The van der Waals surface area contributed by atoms with Crippen LogP contribution in [0.25, 0.3) is 0 Å². The van der Waals surface area contributed by atoms with E-state index in [1.165, 1.54) is 24.3 Å². The van der Waals surface area contributed by atoms with Crippen LogP contribution in [0.3, 0.4) is 0 Å². The summed E-state index contributed by atoms with van der Waals surface area (Å²) < 4.78 is 0. The molecule has 0 aliphatic carbocycles. The Labute approximate surface area is 155 Å². The van der Waals surface area contributed by atoms with Gasteiger partial charge in [-0.3, -0.25) is 14.9 Å². The number of allylic oxidation sites excluding steroid dienone is 1. The molecule has 2 aromatic rings. The molecule has 3 N–H and O–H groups in total. The number of para-hydroxylation sites is 1. The maximum atomic E-state index is 12.9. The van der Waals surface area contributed by atoms with Crippen LogP contribution in [-0.4, -0.2) is 16.9 Å². The van der Waals surface area contributed by atoms with E-state index in [1.54, 1.807) is 13.0 Å². The topological polar surface area (TPSA) is 113 Å². The lowest BCUT2D eigenvalue weighted by Gasteiger charge is -2.28. The molecule has 2 aromatic carbocycles. The van der Waals surface area contributed by atoms with Gasteiger partial charge in [0.25, 0.3) is 11.6 Å². The lowest BCUT2D eigenvalue weighted by Crippen LogP contribution is -2.46. The average Bonchev–Trinajstić information content (AvgIpc) is 2.63. The SMILES string of the molecule is CC1=C(C(=O)Nc2ccccc2C)[C@H](c2ccc([N+](=O)[O-])cc2)NC(=O)N1. The number of anilines is 1. The summed E-state index contributed by atoms with van der Waals surface area (Å²) in [6.45, 7) is 3.52. The number of aryl methyl sites for hydroxylation is 1. The summed E-state index contributed by atoms with van der Waals surface area (Å²) in [6.07, 6.45) is 0. The van der Waals surface area contributed by atoms with Crippen molar-refractivity contribution in [2.75, 3.05) is 5.32 Å². The number of nitrogens with zero attached hydrogens (tertiary/aromatic N) is 1. The van der Waals surface area contributed by atoms with Gasteiger partial charge in [0.15, 0.2) is 0 Å². The van der Waals surface area contributed by atoms with E-state index < -0.39 is 17.0 Å². The minimum absolute atomic E-state index is 0.0642. The van der Waals surface area contributed by atoms with Crippen LogP contribution in [0, 0.1) is 17.0 Å². The number of non-ortho nitro benzene ring substituents is 1. The van der Waals surface area contributed by atoms with Crippen LogP contribution < -0.4 is 16.0 Å². The van der Waals surface area contributed by atoms with Crippen LogP contribution in [-0.2, 0) is 4.79 Å². The first-order valence-electron chi connectivity index (χ1n) is 8.26. The van der Waals surface area contributed by atoms with Gasteiger partial charge in [0.05, 0.1) is 16.5 Å². The van der Waals surface area contributed by atoms with Crippen LogP contribution in [0.5, 0.6) is 0 Å². The molecule has 0 spiro atoms. The highest BCUT2D eigenvalue weighted by molar-refractivity contribution is 6.07. The van der Waals surface area contributed by atoms with Crippen LogP contribution >= 0.6 is 0 Å². The van der Waals surface area contributed by atoms with E-state index >= 15 is 0 Å². The summed E-state index contributed by atoms with van der Waals surface area (Å²) in [5, 5.41) is 19.0. The Bertz CT molecular complexity index is 950. The van der Waals surface area contributed by atoms with Gasteiger partial charge in [-0.2, -0.15) is 0 Å². The quantitative estimate of drug-likeness (QED) is 0.570. The van der Waals surface area contributed by atoms with Crippen molar-refractivity contribution in [3.05, 3.63) is 81.0 Å². The number of amides is 3. The maximum Gasteiger partial charge on any atom is 0.319 e. The maximum absolute atomic E-state index is 12.9. The minimum atomic E-state index is -0.719. The molecule has 0 fully saturated rings. The lowest BCUT2D eigenvalue weighted by atomic mass is 9.94. The molecule has 8 nitrogen and oxygen atoms in total. The van der Waals surface area contributed by atoms with Crippen molar-refractivity contribution >= 4 is 23.3 Å². The van der Waals surface area contributed by atoms with Gasteiger partial charge in [-0.25, -0.2) is 4.79 Å². The van der Waals surface area contributed by atoms with Gasteiger partial charge in [-0.1, -0.05) is 18.2 Å². The first kappa shape index (κ1) is 18.1. The summed E-state index contributed by atoms with van der Waals surface area (Å²) >= 11 is 0. The summed E-state index contributed by atoms with van der Waals surface area (Å²) in [5.41, 5.74) is 2.85. The molecular weight excluding hydrogens is 348 g/mol. The Morgan fingerprint density at radius 2 is 1.78 bits per heavy atom. The second-order valence-corrected chi connectivity index (χ2v) is 6.19. The average molecular weight is 366 g/mol. The molecule has 0 unspecified atom stereocenters. The smallest absolute Gasteiger partial charge is 0.319 e. The van der Waals surface area contributed by atoms with E-state index in [0.717, 1.165) is 5.56 Å². The number of hydrogen-bond donors (Lipinski definition) is 3. The van der Waals surface area contributed by atoms with Gasteiger partial charge in [0.1, 0.15) is 0 Å². The highest BCUT2D eigenvalue weighted by Gasteiger charge is 2.31. The summed E-state index contributed by atoms with van der Waals surface area (Å²) in [4.78, 5) is 35.2. The Morgan fingerprint density at radius 1 is 1.11 bits per heavy atom. The molecule has 1 aliphatic heterocycles. The van der Waals surface area contributed by atoms with Crippen LogP contribution in [0.2, 0.25) is 0 Å². The summed E-state index contributed by atoms with van der Waals surface area (Å²) in [7, 11) is 0. The first-order chi connectivity index (χ1) is 12.9. The Morgan fingerprint density at radius 3 is 2.41 bits per heavy atom. The van der Waals surface area contributed by atoms with Crippen molar-refractivity contribution in [1.29, 1.82) is 0 Å². The fourth-order valence-corrected chi connectivity index (χ4v) is 2.94. The highest BCUT2D eigenvalue weighted by atomic mass is 16.6. The molecule has 0 saturated carbocycles. The molecule has 1 aliphatic rings. The van der Waals surface area contributed by atoms with E-state index in [1.807, 2.05) is 25.1 Å². The number of benzene rings is 2. The Hall–Kier alpha value is -3.68. The second kappa shape index (κ2) is 7.28. The van der Waals surface area contributed by atoms with Gasteiger partial charge >= 0.3 is 6.03 Å². The monoisotopic (exact) mass is 366 g/mol. The predicted octanol–water partition coefficient (Wildman–Crippen LogP) is 3.17. The molecule has 8 heteroatoms. The van der Waals surface area contributed by atoms with Crippen molar-refractivity contribution in [3.63, 3.8) is 0 Å². The van der Waals surface area contributed by atoms with Crippen LogP contribution in [0.15, 0.2) is 59.8 Å². The molecule has 1 heterocycles.